The number of nitrogens with one attached hydrogen (secondary N) is 1. The SMILES string of the molecule is COc1cccc(COC2CNCCC2C)c1F. The highest BCUT2D eigenvalue weighted by Crippen LogP contribution is 2.22. The van der Waals surface area contributed by atoms with E-state index in [1.807, 2.05) is 0 Å². The second-order valence-corrected chi connectivity index (χ2v) is 4.75. The van der Waals surface area contributed by atoms with Gasteiger partial charge in [-0.1, -0.05) is 19.1 Å². The van der Waals surface area contributed by atoms with Crippen LogP contribution in [0.2, 0.25) is 0 Å². The van der Waals surface area contributed by atoms with E-state index in [4.69, 9.17) is 9.47 Å². The van der Waals surface area contributed by atoms with E-state index in [0.717, 1.165) is 19.5 Å². The predicted octanol–water partition coefficient (Wildman–Crippen LogP) is 2.35. The van der Waals surface area contributed by atoms with Crippen LogP contribution in [0.5, 0.6) is 5.75 Å². The van der Waals surface area contributed by atoms with Crippen molar-refractivity contribution in [3.63, 3.8) is 0 Å². The minimum atomic E-state index is -0.323. The van der Waals surface area contributed by atoms with E-state index < -0.39 is 0 Å². The van der Waals surface area contributed by atoms with E-state index in [0.29, 0.717) is 18.1 Å². The first-order valence-electron chi connectivity index (χ1n) is 6.36. The molecule has 2 rings (SSSR count). The summed E-state index contributed by atoms with van der Waals surface area (Å²) >= 11 is 0. The Morgan fingerprint density at radius 3 is 3.00 bits per heavy atom. The summed E-state index contributed by atoms with van der Waals surface area (Å²) in [7, 11) is 1.47. The van der Waals surface area contributed by atoms with Gasteiger partial charge in [-0.05, 0) is 24.9 Å². The van der Waals surface area contributed by atoms with Gasteiger partial charge in [-0.15, -0.1) is 0 Å². The zero-order chi connectivity index (χ0) is 13.0. The summed E-state index contributed by atoms with van der Waals surface area (Å²) in [6.07, 6.45) is 1.26. The molecule has 2 atom stereocenters. The zero-order valence-electron chi connectivity index (χ0n) is 10.9. The monoisotopic (exact) mass is 253 g/mol. The summed E-state index contributed by atoms with van der Waals surface area (Å²) < 4.78 is 24.7. The van der Waals surface area contributed by atoms with Gasteiger partial charge in [0.05, 0.1) is 19.8 Å². The van der Waals surface area contributed by atoms with Crippen molar-refractivity contribution in [3.8, 4) is 5.75 Å². The molecule has 0 radical (unpaired) electrons. The summed E-state index contributed by atoms with van der Waals surface area (Å²) in [5, 5.41) is 3.30. The lowest BCUT2D eigenvalue weighted by molar-refractivity contribution is -0.00777. The van der Waals surface area contributed by atoms with Gasteiger partial charge < -0.3 is 14.8 Å². The van der Waals surface area contributed by atoms with E-state index >= 15 is 0 Å². The molecule has 1 aromatic carbocycles. The molecule has 1 saturated heterocycles. The molecule has 1 fully saturated rings. The summed E-state index contributed by atoms with van der Waals surface area (Å²) in [5.41, 5.74) is 0.548. The average Bonchev–Trinajstić information content (AvgIpc) is 2.39. The molecule has 0 saturated carbocycles. The van der Waals surface area contributed by atoms with Gasteiger partial charge in [-0.2, -0.15) is 0 Å². The molecule has 0 bridgehead atoms. The van der Waals surface area contributed by atoms with Crippen LogP contribution in [0.3, 0.4) is 0 Å². The minimum Gasteiger partial charge on any atom is -0.494 e. The first-order valence-corrected chi connectivity index (χ1v) is 6.36. The Hall–Kier alpha value is -1.13. The van der Waals surface area contributed by atoms with Gasteiger partial charge in [0.25, 0.3) is 0 Å². The van der Waals surface area contributed by atoms with Crippen molar-refractivity contribution < 1.29 is 13.9 Å². The molecule has 1 N–H and O–H groups in total. The van der Waals surface area contributed by atoms with Gasteiger partial charge in [0, 0.05) is 12.1 Å². The summed E-state index contributed by atoms with van der Waals surface area (Å²) in [5.74, 6) is 0.460. The van der Waals surface area contributed by atoms with Crippen molar-refractivity contribution >= 4 is 0 Å². The van der Waals surface area contributed by atoms with E-state index in [2.05, 4.69) is 12.2 Å². The molecule has 0 spiro atoms. The Morgan fingerprint density at radius 1 is 1.44 bits per heavy atom. The van der Waals surface area contributed by atoms with Crippen LogP contribution < -0.4 is 10.1 Å². The van der Waals surface area contributed by atoms with Crippen molar-refractivity contribution in [1.82, 2.24) is 5.32 Å². The van der Waals surface area contributed by atoms with Gasteiger partial charge in [-0.25, -0.2) is 4.39 Å². The normalized spacial score (nSPS) is 23.9. The molecule has 2 unspecified atom stereocenters. The Labute approximate surface area is 107 Å². The number of methoxy groups -OCH3 is 1. The molecule has 1 aromatic rings. The summed E-state index contributed by atoms with van der Waals surface area (Å²) in [6.45, 7) is 4.34. The summed E-state index contributed by atoms with van der Waals surface area (Å²) in [6, 6.07) is 5.13. The molecule has 3 nitrogen and oxygen atoms in total. The molecule has 0 aromatic heterocycles. The average molecular weight is 253 g/mol. The Bertz CT molecular complexity index is 397. The molecule has 0 amide bonds. The van der Waals surface area contributed by atoms with Gasteiger partial charge in [0.2, 0.25) is 0 Å². The van der Waals surface area contributed by atoms with Gasteiger partial charge in [-0.3, -0.25) is 0 Å². The topological polar surface area (TPSA) is 30.5 Å². The third-order valence-corrected chi connectivity index (χ3v) is 3.47. The maximum Gasteiger partial charge on any atom is 0.170 e. The highest BCUT2D eigenvalue weighted by Gasteiger charge is 2.22. The second-order valence-electron chi connectivity index (χ2n) is 4.75. The zero-order valence-corrected chi connectivity index (χ0v) is 10.9. The van der Waals surface area contributed by atoms with E-state index in [1.165, 1.54) is 7.11 Å². The Kier molecular flexibility index (Phi) is 4.55. The fraction of sp³-hybridized carbons (Fsp3) is 0.571. The molecule has 18 heavy (non-hydrogen) atoms. The fourth-order valence-corrected chi connectivity index (χ4v) is 2.21. The van der Waals surface area contributed by atoms with Crippen LogP contribution >= 0.6 is 0 Å². The molecular formula is C14H20FNO2. The molecular weight excluding hydrogens is 233 g/mol. The first kappa shape index (κ1) is 13.3. The van der Waals surface area contributed by atoms with Crippen molar-refractivity contribution in [2.45, 2.75) is 26.1 Å². The van der Waals surface area contributed by atoms with Gasteiger partial charge in [0.15, 0.2) is 11.6 Å². The Morgan fingerprint density at radius 2 is 2.28 bits per heavy atom. The van der Waals surface area contributed by atoms with Gasteiger partial charge in [0.1, 0.15) is 0 Å². The lowest BCUT2D eigenvalue weighted by Crippen LogP contribution is -2.40. The van der Waals surface area contributed by atoms with Crippen LogP contribution in [0.4, 0.5) is 4.39 Å². The third-order valence-electron chi connectivity index (χ3n) is 3.47. The van der Waals surface area contributed by atoms with E-state index in [1.54, 1.807) is 18.2 Å². The van der Waals surface area contributed by atoms with Crippen LogP contribution in [0.15, 0.2) is 18.2 Å². The molecule has 0 aliphatic carbocycles. The summed E-state index contributed by atoms with van der Waals surface area (Å²) in [4.78, 5) is 0. The number of benzene rings is 1. The highest BCUT2D eigenvalue weighted by molar-refractivity contribution is 5.30. The number of halogens is 1. The predicted molar refractivity (Wildman–Crippen MR) is 68.2 cm³/mol. The van der Waals surface area contributed by atoms with Crippen LogP contribution in [-0.2, 0) is 11.3 Å². The smallest absolute Gasteiger partial charge is 0.170 e. The lowest BCUT2D eigenvalue weighted by Gasteiger charge is -2.29. The molecule has 1 aliphatic heterocycles. The fourth-order valence-electron chi connectivity index (χ4n) is 2.21. The van der Waals surface area contributed by atoms with Crippen LogP contribution in [0.1, 0.15) is 18.9 Å². The number of rotatable bonds is 4. The maximum atomic E-state index is 13.9. The van der Waals surface area contributed by atoms with Crippen LogP contribution in [-0.4, -0.2) is 26.3 Å². The largest absolute Gasteiger partial charge is 0.494 e. The molecule has 1 aliphatic rings. The number of hydrogen-bond donors (Lipinski definition) is 1. The van der Waals surface area contributed by atoms with Crippen molar-refractivity contribution in [2.75, 3.05) is 20.2 Å². The van der Waals surface area contributed by atoms with Crippen molar-refractivity contribution in [3.05, 3.63) is 29.6 Å². The quantitative estimate of drug-likeness (QED) is 0.893. The highest BCUT2D eigenvalue weighted by atomic mass is 19.1. The van der Waals surface area contributed by atoms with Crippen molar-refractivity contribution in [2.24, 2.45) is 5.92 Å². The number of ether oxygens (including phenoxy) is 2. The molecule has 1 heterocycles. The standard InChI is InChI=1S/C14H20FNO2/c1-10-6-7-16-8-13(10)18-9-11-4-3-5-12(17-2)14(11)15/h3-5,10,13,16H,6-9H2,1-2H3. The Balaban J connectivity index is 1.97. The number of hydrogen-bond acceptors (Lipinski definition) is 3. The van der Waals surface area contributed by atoms with Crippen LogP contribution in [0, 0.1) is 11.7 Å². The van der Waals surface area contributed by atoms with Gasteiger partial charge >= 0.3 is 0 Å². The van der Waals surface area contributed by atoms with E-state index in [-0.39, 0.29) is 17.7 Å². The molecule has 4 heteroatoms. The van der Waals surface area contributed by atoms with Crippen LogP contribution in [0.25, 0.3) is 0 Å². The number of piperidine rings is 1. The van der Waals surface area contributed by atoms with Crippen molar-refractivity contribution in [1.29, 1.82) is 0 Å². The first-order chi connectivity index (χ1) is 8.72. The molecule has 100 valence electrons. The van der Waals surface area contributed by atoms with E-state index in [9.17, 15) is 4.39 Å². The minimum absolute atomic E-state index is 0.157. The second kappa shape index (κ2) is 6.16. The lowest BCUT2D eigenvalue weighted by atomic mass is 9.97. The third kappa shape index (κ3) is 3.00. The maximum absolute atomic E-state index is 13.9.